The summed E-state index contributed by atoms with van der Waals surface area (Å²) < 4.78 is 47.0. The molecule has 13 heavy (non-hydrogen) atoms. The molecule has 0 heterocycles. The molecule has 0 aromatic heterocycles. The van der Waals surface area contributed by atoms with Crippen molar-refractivity contribution in [1.82, 2.24) is 0 Å². The van der Waals surface area contributed by atoms with Crippen molar-refractivity contribution in [2.45, 2.75) is 11.5 Å². The normalized spacial score (nSPS) is 29.5. The smallest absolute Gasteiger partial charge is 0.221 e. The average Bonchev–Trinajstić information content (AvgIpc) is 1.80. The Kier molecular flexibility index (Phi) is 2.71. The molecule has 1 aliphatic carbocycles. The summed E-state index contributed by atoms with van der Waals surface area (Å²) in [5.74, 6) is -1.17. The molecule has 0 saturated carbocycles. The molecule has 0 N–H and O–H groups in total. The Labute approximate surface area is 83.2 Å². The molecule has 0 aromatic rings. The molecule has 0 bridgehead atoms. The van der Waals surface area contributed by atoms with Crippen molar-refractivity contribution in [2.75, 3.05) is 0 Å². The van der Waals surface area contributed by atoms with E-state index in [9.17, 15) is 17.2 Å². The highest BCUT2D eigenvalue weighted by atomic mass is 35.7. The molecule has 74 valence electrons. The third kappa shape index (κ3) is 2.65. The van der Waals surface area contributed by atoms with Gasteiger partial charge in [-0.15, -0.1) is 0 Å². The molecule has 0 aliphatic heterocycles. The van der Waals surface area contributed by atoms with E-state index in [2.05, 4.69) is 0 Å². The minimum atomic E-state index is -4.16. The van der Waals surface area contributed by atoms with E-state index in [0.717, 1.165) is 6.08 Å². The second kappa shape index (κ2) is 3.22. The van der Waals surface area contributed by atoms with Crippen LogP contribution in [0.5, 0.6) is 0 Å². The summed E-state index contributed by atoms with van der Waals surface area (Å²) in [5.41, 5.74) is 0. The Morgan fingerprint density at radius 1 is 1.54 bits per heavy atom. The highest BCUT2D eigenvalue weighted by molar-refractivity contribution is 8.17. The van der Waals surface area contributed by atoms with Gasteiger partial charge in [-0.05, 0) is 12.2 Å². The third-order valence-corrected chi connectivity index (χ3v) is 3.04. The van der Waals surface area contributed by atoms with Gasteiger partial charge in [-0.25, -0.2) is 17.2 Å². The molecular formula is C6H4Cl2F2O2S. The lowest BCUT2D eigenvalue weighted by Gasteiger charge is -2.16. The van der Waals surface area contributed by atoms with Crippen molar-refractivity contribution in [3.8, 4) is 0 Å². The van der Waals surface area contributed by atoms with Gasteiger partial charge in [-0.1, -0.05) is 11.6 Å². The predicted molar refractivity (Wildman–Crippen MR) is 46.4 cm³/mol. The van der Waals surface area contributed by atoms with Crippen LogP contribution in [-0.4, -0.2) is 13.5 Å². The van der Waals surface area contributed by atoms with Gasteiger partial charge in [0.15, 0.2) is 0 Å². The van der Waals surface area contributed by atoms with Crippen LogP contribution in [0, 0.1) is 0 Å². The van der Waals surface area contributed by atoms with Gasteiger partial charge in [0.1, 0.15) is 10.7 Å². The van der Waals surface area contributed by atoms with E-state index in [4.69, 9.17) is 22.3 Å². The molecule has 0 amide bonds. The van der Waals surface area contributed by atoms with Gasteiger partial charge in [0.05, 0.1) is 6.42 Å². The lowest BCUT2D eigenvalue weighted by molar-refractivity contribution is 0.319. The van der Waals surface area contributed by atoms with Crippen molar-refractivity contribution in [3.05, 3.63) is 22.9 Å². The van der Waals surface area contributed by atoms with Crippen LogP contribution in [0.25, 0.3) is 0 Å². The van der Waals surface area contributed by atoms with E-state index in [1.165, 1.54) is 0 Å². The van der Waals surface area contributed by atoms with Gasteiger partial charge in [0.25, 0.3) is 9.05 Å². The van der Waals surface area contributed by atoms with E-state index in [0.29, 0.717) is 6.08 Å². The van der Waals surface area contributed by atoms with Gasteiger partial charge in [-0.3, -0.25) is 0 Å². The minimum absolute atomic E-state index is 0.716. The van der Waals surface area contributed by atoms with E-state index in [1.807, 2.05) is 0 Å². The number of alkyl halides is 2. The van der Waals surface area contributed by atoms with Crippen molar-refractivity contribution in [2.24, 2.45) is 0 Å². The molecule has 0 spiro atoms. The van der Waals surface area contributed by atoms with Gasteiger partial charge >= 0.3 is 0 Å². The zero-order chi connectivity index (χ0) is 10.3. The maximum atomic E-state index is 12.9. The Hall–Kier alpha value is -0.130. The second-order valence-electron chi connectivity index (χ2n) is 2.48. The summed E-state index contributed by atoms with van der Waals surface area (Å²) in [5, 5.41) is -2.37. The molecule has 2 nitrogen and oxygen atoms in total. The molecular weight excluding hydrogens is 245 g/mol. The number of allylic oxidation sites excluding steroid dienone is 3. The summed E-state index contributed by atoms with van der Waals surface area (Å²) in [6.45, 7) is 0. The van der Waals surface area contributed by atoms with Gasteiger partial charge in [-0.2, -0.15) is 0 Å². The first-order valence-corrected chi connectivity index (χ1v) is 5.81. The largest absolute Gasteiger partial charge is 0.263 e. The molecule has 1 rings (SSSR count). The van der Waals surface area contributed by atoms with Crippen LogP contribution in [0.3, 0.4) is 0 Å². The molecule has 0 fully saturated rings. The van der Waals surface area contributed by atoms with E-state index < -0.39 is 31.3 Å². The summed E-state index contributed by atoms with van der Waals surface area (Å²) in [6.07, 6.45) is 0.632. The first kappa shape index (κ1) is 10.9. The van der Waals surface area contributed by atoms with Crippen LogP contribution in [0.4, 0.5) is 8.78 Å². The average molecular weight is 249 g/mol. The summed E-state index contributed by atoms with van der Waals surface area (Å²) in [4.78, 5) is -0.733. The van der Waals surface area contributed by atoms with Crippen LogP contribution in [0.15, 0.2) is 22.9 Å². The highest BCUT2D eigenvalue weighted by Gasteiger charge is 2.33. The molecule has 1 unspecified atom stereocenters. The van der Waals surface area contributed by atoms with Crippen LogP contribution >= 0.6 is 22.3 Å². The van der Waals surface area contributed by atoms with Crippen molar-refractivity contribution >= 4 is 31.3 Å². The Morgan fingerprint density at radius 3 is 2.46 bits per heavy atom. The minimum Gasteiger partial charge on any atom is -0.221 e. The first-order valence-electron chi connectivity index (χ1n) is 3.13. The van der Waals surface area contributed by atoms with Crippen LogP contribution in [-0.2, 0) is 9.05 Å². The maximum Gasteiger partial charge on any atom is 0.263 e. The molecule has 0 aromatic carbocycles. The number of hydrogen-bond acceptors (Lipinski definition) is 2. The Balaban J connectivity index is 3.13. The Bertz CT molecular complexity index is 383. The highest BCUT2D eigenvalue weighted by Crippen LogP contribution is 2.36. The zero-order valence-electron chi connectivity index (χ0n) is 6.10. The van der Waals surface area contributed by atoms with Crippen LogP contribution < -0.4 is 0 Å². The Morgan fingerprint density at radius 2 is 2.08 bits per heavy atom. The van der Waals surface area contributed by atoms with Crippen molar-refractivity contribution in [3.63, 3.8) is 0 Å². The van der Waals surface area contributed by atoms with Crippen molar-refractivity contribution < 1.29 is 17.2 Å². The SMILES string of the molecule is O=S(=O)(Cl)C1=C(F)CC(F)(Cl)C=C1. The first-order chi connectivity index (χ1) is 5.72. The predicted octanol–water partition coefficient (Wildman–Crippen LogP) is 2.60. The molecule has 1 atom stereocenters. The summed E-state index contributed by atoms with van der Waals surface area (Å²) >= 11 is 5.12. The van der Waals surface area contributed by atoms with E-state index >= 15 is 0 Å². The molecule has 1 aliphatic rings. The van der Waals surface area contributed by atoms with Gasteiger partial charge in [0.2, 0.25) is 5.13 Å². The maximum absolute atomic E-state index is 12.9. The fourth-order valence-corrected chi connectivity index (χ4v) is 2.01. The molecule has 0 saturated heterocycles. The van der Waals surface area contributed by atoms with Gasteiger partial charge < -0.3 is 0 Å². The topological polar surface area (TPSA) is 34.1 Å². The summed E-state index contributed by atoms with van der Waals surface area (Å²) in [6, 6.07) is 0. The lowest BCUT2D eigenvalue weighted by Crippen LogP contribution is -2.16. The second-order valence-corrected chi connectivity index (χ2v) is 5.64. The summed E-state index contributed by atoms with van der Waals surface area (Å²) in [7, 11) is 0.697. The van der Waals surface area contributed by atoms with E-state index in [-0.39, 0.29) is 0 Å². The quantitative estimate of drug-likeness (QED) is 0.528. The fraction of sp³-hybridized carbons (Fsp3) is 0.333. The number of halogens is 4. The van der Waals surface area contributed by atoms with Crippen LogP contribution in [0.1, 0.15) is 6.42 Å². The number of hydrogen-bond donors (Lipinski definition) is 0. The van der Waals surface area contributed by atoms with Crippen LogP contribution in [0.2, 0.25) is 0 Å². The zero-order valence-corrected chi connectivity index (χ0v) is 8.43. The molecule has 0 radical (unpaired) electrons. The van der Waals surface area contributed by atoms with Crippen molar-refractivity contribution in [1.29, 1.82) is 0 Å². The molecule has 7 heteroatoms. The standard InChI is InChI=1S/C6H4Cl2F2O2S/c7-6(10)2-1-5(4(9)3-6)13(8,11)12/h1-2H,3H2. The van der Waals surface area contributed by atoms with E-state index in [1.54, 1.807) is 0 Å². The third-order valence-electron chi connectivity index (χ3n) is 1.40. The number of rotatable bonds is 1. The monoisotopic (exact) mass is 248 g/mol. The fourth-order valence-electron chi connectivity index (χ4n) is 0.855. The van der Waals surface area contributed by atoms with Gasteiger partial charge in [0, 0.05) is 10.7 Å². The lowest BCUT2D eigenvalue weighted by atomic mass is 10.1.